The van der Waals surface area contributed by atoms with Gasteiger partial charge in [0, 0.05) is 5.56 Å². The third-order valence-corrected chi connectivity index (χ3v) is 2.26. The Morgan fingerprint density at radius 2 is 2.07 bits per heavy atom. The van der Waals surface area contributed by atoms with Crippen molar-refractivity contribution in [2.75, 3.05) is 0 Å². The highest BCUT2D eigenvalue weighted by Gasteiger charge is 2.03. The van der Waals surface area contributed by atoms with Gasteiger partial charge in [-0.15, -0.1) is 0 Å². The lowest BCUT2D eigenvalue weighted by Gasteiger charge is -2.05. The maximum atomic E-state index is 9.63. The molecule has 2 aromatic rings. The second kappa shape index (κ2) is 4.15. The van der Waals surface area contributed by atoms with Crippen molar-refractivity contribution >= 4 is 0 Å². The number of aliphatic hydroxyl groups excluding tert-OH is 1. The van der Waals surface area contributed by atoms with E-state index in [2.05, 4.69) is 6.07 Å². The molecule has 0 aromatic heterocycles. The van der Waals surface area contributed by atoms with Gasteiger partial charge in [-0.25, -0.2) is 0 Å². The van der Waals surface area contributed by atoms with Gasteiger partial charge < -0.3 is 10.2 Å². The number of benzene rings is 2. The van der Waals surface area contributed by atoms with E-state index in [1.807, 2.05) is 24.3 Å². The first-order chi connectivity index (χ1) is 7.31. The van der Waals surface area contributed by atoms with Crippen molar-refractivity contribution in [1.29, 1.82) is 0 Å². The molecule has 2 rings (SSSR count). The summed E-state index contributed by atoms with van der Waals surface area (Å²) < 4.78 is 0. The van der Waals surface area contributed by atoms with Crippen LogP contribution < -0.4 is 0 Å². The highest BCUT2D eigenvalue weighted by Crippen LogP contribution is 2.28. The Morgan fingerprint density at radius 1 is 1.20 bits per heavy atom. The monoisotopic (exact) mass is 199 g/mol. The predicted octanol–water partition coefficient (Wildman–Crippen LogP) is 2.35. The average Bonchev–Trinajstić information content (AvgIpc) is 2.30. The van der Waals surface area contributed by atoms with Gasteiger partial charge in [0.1, 0.15) is 5.75 Å². The van der Waals surface area contributed by atoms with Gasteiger partial charge >= 0.3 is 0 Å². The van der Waals surface area contributed by atoms with Crippen molar-refractivity contribution in [3.8, 4) is 16.9 Å². The molecular formula is C13H11O2. The maximum Gasteiger partial charge on any atom is 0.124 e. The standard InChI is InChI=1S/C13H11O2/c14-9-10-4-3-5-11(8-10)12-6-1-2-7-13(12)15/h1,3-8,14-15H,9H2. The second-order valence-corrected chi connectivity index (χ2v) is 3.30. The van der Waals surface area contributed by atoms with Crippen LogP contribution in [0.4, 0.5) is 0 Å². The van der Waals surface area contributed by atoms with Gasteiger partial charge in [-0.05, 0) is 29.3 Å². The summed E-state index contributed by atoms with van der Waals surface area (Å²) in [7, 11) is 0. The van der Waals surface area contributed by atoms with Crippen LogP contribution in [0.25, 0.3) is 11.1 Å². The Hall–Kier alpha value is -1.80. The van der Waals surface area contributed by atoms with Crippen LogP contribution in [0.3, 0.4) is 0 Å². The van der Waals surface area contributed by atoms with E-state index in [0.29, 0.717) is 0 Å². The summed E-state index contributed by atoms with van der Waals surface area (Å²) in [5.74, 6) is 0.201. The van der Waals surface area contributed by atoms with Crippen molar-refractivity contribution in [2.24, 2.45) is 0 Å². The molecule has 0 aliphatic rings. The minimum absolute atomic E-state index is 0.00750. The summed E-state index contributed by atoms with van der Waals surface area (Å²) in [4.78, 5) is 0. The van der Waals surface area contributed by atoms with Crippen molar-refractivity contribution in [3.63, 3.8) is 0 Å². The maximum absolute atomic E-state index is 9.63. The van der Waals surface area contributed by atoms with Crippen LogP contribution in [0.1, 0.15) is 5.56 Å². The Bertz CT molecular complexity index is 464. The summed E-state index contributed by atoms with van der Waals surface area (Å²) in [5.41, 5.74) is 2.48. The number of hydrogen-bond acceptors (Lipinski definition) is 2. The van der Waals surface area contributed by atoms with E-state index in [0.717, 1.165) is 16.7 Å². The molecule has 0 atom stereocenters. The molecule has 2 aromatic carbocycles. The third-order valence-electron chi connectivity index (χ3n) is 2.26. The zero-order valence-corrected chi connectivity index (χ0v) is 8.14. The topological polar surface area (TPSA) is 40.5 Å². The number of phenolic OH excluding ortho intramolecular Hbond substituents is 1. The van der Waals surface area contributed by atoms with Crippen LogP contribution in [0, 0.1) is 6.07 Å². The third kappa shape index (κ3) is 2.00. The highest BCUT2D eigenvalue weighted by molar-refractivity contribution is 5.70. The van der Waals surface area contributed by atoms with Crippen LogP contribution >= 0.6 is 0 Å². The van der Waals surface area contributed by atoms with Gasteiger partial charge in [-0.3, -0.25) is 0 Å². The van der Waals surface area contributed by atoms with E-state index in [1.165, 1.54) is 6.07 Å². The number of hydrogen-bond donors (Lipinski definition) is 2. The van der Waals surface area contributed by atoms with E-state index >= 15 is 0 Å². The summed E-state index contributed by atoms with van der Waals surface area (Å²) in [5, 5.41) is 18.6. The summed E-state index contributed by atoms with van der Waals surface area (Å²) in [6, 6.07) is 15.3. The highest BCUT2D eigenvalue weighted by atomic mass is 16.3. The molecular weight excluding hydrogens is 188 g/mol. The van der Waals surface area contributed by atoms with Crippen LogP contribution in [0.15, 0.2) is 42.5 Å². The predicted molar refractivity (Wildman–Crippen MR) is 58.3 cm³/mol. The quantitative estimate of drug-likeness (QED) is 0.779. The first-order valence-corrected chi connectivity index (χ1v) is 4.70. The summed E-state index contributed by atoms with van der Waals surface area (Å²) in [6.07, 6.45) is 0. The largest absolute Gasteiger partial charge is 0.507 e. The Labute approximate surface area is 88.4 Å². The van der Waals surface area contributed by atoms with E-state index < -0.39 is 0 Å². The van der Waals surface area contributed by atoms with Gasteiger partial charge in [-0.2, -0.15) is 0 Å². The molecule has 2 N–H and O–H groups in total. The normalized spacial score (nSPS) is 10.2. The fourth-order valence-electron chi connectivity index (χ4n) is 1.50. The smallest absolute Gasteiger partial charge is 0.124 e. The molecule has 0 saturated heterocycles. The van der Waals surface area contributed by atoms with Gasteiger partial charge in [0.05, 0.1) is 6.61 Å². The fourth-order valence-corrected chi connectivity index (χ4v) is 1.50. The SMILES string of the molecule is OCc1cccc(-c2cc[c]cc2O)c1. The first-order valence-electron chi connectivity index (χ1n) is 4.70. The van der Waals surface area contributed by atoms with Crippen LogP contribution in [0.2, 0.25) is 0 Å². The van der Waals surface area contributed by atoms with E-state index in [1.54, 1.807) is 12.1 Å². The molecule has 0 unspecified atom stereocenters. The lowest BCUT2D eigenvalue weighted by Crippen LogP contribution is -1.84. The van der Waals surface area contributed by atoms with E-state index in [4.69, 9.17) is 5.11 Å². The summed E-state index contributed by atoms with van der Waals surface area (Å²) in [6.45, 7) is 0.00750. The van der Waals surface area contributed by atoms with Gasteiger partial charge in [0.15, 0.2) is 0 Å². The molecule has 0 heterocycles. The van der Waals surface area contributed by atoms with Gasteiger partial charge in [0.25, 0.3) is 0 Å². The average molecular weight is 199 g/mol. The molecule has 2 nitrogen and oxygen atoms in total. The Balaban J connectivity index is 2.49. The van der Waals surface area contributed by atoms with Crippen molar-refractivity contribution < 1.29 is 10.2 Å². The number of aliphatic hydroxyl groups is 1. The first kappa shape index (κ1) is 9.74. The molecule has 75 valence electrons. The molecule has 0 aliphatic carbocycles. The van der Waals surface area contributed by atoms with Crippen LogP contribution in [-0.4, -0.2) is 10.2 Å². The van der Waals surface area contributed by atoms with Crippen LogP contribution in [0.5, 0.6) is 5.75 Å². The fraction of sp³-hybridized carbons (Fsp3) is 0.0769. The second-order valence-electron chi connectivity index (χ2n) is 3.30. The number of rotatable bonds is 2. The lowest BCUT2D eigenvalue weighted by molar-refractivity contribution is 0.282. The van der Waals surface area contributed by atoms with Gasteiger partial charge in [0.2, 0.25) is 0 Å². The molecule has 0 spiro atoms. The van der Waals surface area contributed by atoms with Crippen LogP contribution in [-0.2, 0) is 6.61 Å². The number of aromatic hydroxyl groups is 1. The molecule has 15 heavy (non-hydrogen) atoms. The minimum atomic E-state index is 0.00750. The molecule has 2 heteroatoms. The lowest BCUT2D eigenvalue weighted by atomic mass is 10.0. The van der Waals surface area contributed by atoms with Crippen molar-refractivity contribution in [2.45, 2.75) is 6.61 Å². The zero-order valence-electron chi connectivity index (χ0n) is 8.14. The molecule has 0 aliphatic heterocycles. The molecule has 0 bridgehead atoms. The van der Waals surface area contributed by atoms with Crippen molar-refractivity contribution in [3.05, 3.63) is 54.1 Å². The Kier molecular flexibility index (Phi) is 2.70. The molecule has 0 saturated carbocycles. The van der Waals surface area contributed by atoms with E-state index in [9.17, 15) is 5.11 Å². The van der Waals surface area contributed by atoms with Crippen molar-refractivity contribution in [1.82, 2.24) is 0 Å². The molecule has 0 fully saturated rings. The number of phenols is 1. The van der Waals surface area contributed by atoms with E-state index in [-0.39, 0.29) is 12.4 Å². The van der Waals surface area contributed by atoms with Gasteiger partial charge in [-0.1, -0.05) is 30.3 Å². The Morgan fingerprint density at radius 3 is 2.80 bits per heavy atom. The summed E-state index contributed by atoms with van der Waals surface area (Å²) >= 11 is 0. The molecule has 0 amide bonds. The minimum Gasteiger partial charge on any atom is -0.507 e. The zero-order chi connectivity index (χ0) is 10.7. The molecule has 1 radical (unpaired) electrons.